The van der Waals surface area contributed by atoms with Gasteiger partial charge in [-0.3, -0.25) is 0 Å². The van der Waals surface area contributed by atoms with E-state index in [1.165, 1.54) is 25.7 Å². The topological polar surface area (TPSA) is 20.2 Å². The van der Waals surface area contributed by atoms with Crippen molar-refractivity contribution in [3.63, 3.8) is 0 Å². The zero-order valence-corrected chi connectivity index (χ0v) is 9.70. The normalized spacial score (nSPS) is 19.9. The third kappa shape index (κ3) is 2.18. The maximum Gasteiger partial charge on any atom is 0.0818 e. The second kappa shape index (κ2) is 4.45. The Hall–Kier alpha value is -0.340. The molecule has 2 heteroatoms. The fraction of sp³-hybridized carbons (Fsp3) is 0.500. The number of benzene rings is 1. The summed E-state index contributed by atoms with van der Waals surface area (Å²) in [7, 11) is 0. The van der Waals surface area contributed by atoms with Crippen LogP contribution in [0.1, 0.15) is 37.4 Å². The molecule has 0 heterocycles. The molecule has 2 rings (SSSR count). The summed E-state index contributed by atoms with van der Waals surface area (Å²) in [5, 5.41) is 10.1. The Kier molecular flexibility index (Phi) is 3.24. The molecule has 76 valence electrons. The molecule has 1 saturated carbocycles. The van der Waals surface area contributed by atoms with Gasteiger partial charge in [0.15, 0.2) is 0 Å². The number of aliphatic hydroxyl groups is 1. The van der Waals surface area contributed by atoms with Crippen LogP contribution in [0.3, 0.4) is 0 Å². The maximum atomic E-state index is 10.1. The standard InChI is InChI=1S/C12H15BrO/c13-11-7-3-6-10(8-11)12(14)9-4-1-2-5-9/h3,6-9,12,14H,1-2,4-5H2. The van der Waals surface area contributed by atoms with E-state index in [9.17, 15) is 5.11 Å². The summed E-state index contributed by atoms with van der Waals surface area (Å²) in [6.45, 7) is 0. The van der Waals surface area contributed by atoms with Crippen LogP contribution >= 0.6 is 15.9 Å². The second-order valence-electron chi connectivity index (χ2n) is 4.04. The van der Waals surface area contributed by atoms with Crippen LogP contribution in [0.25, 0.3) is 0 Å². The highest BCUT2D eigenvalue weighted by atomic mass is 79.9. The van der Waals surface area contributed by atoms with Crippen LogP contribution in [0.5, 0.6) is 0 Å². The molecule has 0 amide bonds. The van der Waals surface area contributed by atoms with E-state index in [2.05, 4.69) is 15.9 Å². The Morgan fingerprint density at radius 1 is 1.29 bits per heavy atom. The lowest BCUT2D eigenvalue weighted by atomic mass is 9.95. The van der Waals surface area contributed by atoms with Gasteiger partial charge in [0.1, 0.15) is 0 Å². The van der Waals surface area contributed by atoms with Crippen molar-refractivity contribution in [2.45, 2.75) is 31.8 Å². The Morgan fingerprint density at radius 2 is 2.00 bits per heavy atom. The first-order valence-corrected chi connectivity index (χ1v) is 6.00. The zero-order chi connectivity index (χ0) is 9.97. The van der Waals surface area contributed by atoms with Crippen molar-refractivity contribution < 1.29 is 5.11 Å². The quantitative estimate of drug-likeness (QED) is 0.854. The third-order valence-corrected chi connectivity index (χ3v) is 3.53. The molecule has 0 radical (unpaired) electrons. The summed E-state index contributed by atoms with van der Waals surface area (Å²) in [6, 6.07) is 8.00. The van der Waals surface area contributed by atoms with Crippen LogP contribution in [-0.2, 0) is 0 Å². The van der Waals surface area contributed by atoms with Crippen LogP contribution in [-0.4, -0.2) is 5.11 Å². The molecular weight excluding hydrogens is 240 g/mol. The van der Waals surface area contributed by atoms with Gasteiger partial charge in [0.05, 0.1) is 6.10 Å². The van der Waals surface area contributed by atoms with Crippen LogP contribution in [0, 0.1) is 5.92 Å². The summed E-state index contributed by atoms with van der Waals surface area (Å²) in [5.41, 5.74) is 1.05. The average Bonchev–Trinajstić information content (AvgIpc) is 2.69. The minimum Gasteiger partial charge on any atom is -0.388 e. The van der Waals surface area contributed by atoms with Crippen molar-refractivity contribution in [1.82, 2.24) is 0 Å². The van der Waals surface area contributed by atoms with Crippen LogP contribution in [0.2, 0.25) is 0 Å². The highest BCUT2D eigenvalue weighted by Crippen LogP contribution is 2.35. The van der Waals surface area contributed by atoms with E-state index < -0.39 is 0 Å². The van der Waals surface area contributed by atoms with Gasteiger partial charge in [0.25, 0.3) is 0 Å². The molecule has 0 aliphatic heterocycles. The Labute approximate surface area is 93.3 Å². The molecule has 0 spiro atoms. The molecule has 1 atom stereocenters. The fourth-order valence-corrected chi connectivity index (χ4v) is 2.65. The number of hydrogen-bond donors (Lipinski definition) is 1. The predicted octanol–water partition coefficient (Wildman–Crippen LogP) is 3.67. The highest BCUT2D eigenvalue weighted by Gasteiger charge is 2.24. The first-order valence-electron chi connectivity index (χ1n) is 5.21. The Bertz CT molecular complexity index is 305. The number of aliphatic hydroxyl groups excluding tert-OH is 1. The smallest absolute Gasteiger partial charge is 0.0818 e. The van der Waals surface area contributed by atoms with Gasteiger partial charge in [-0.2, -0.15) is 0 Å². The molecule has 1 aromatic rings. The van der Waals surface area contributed by atoms with Gasteiger partial charge < -0.3 is 5.11 Å². The number of halogens is 1. The van der Waals surface area contributed by atoms with Gasteiger partial charge in [0.2, 0.25) is 0 Å². The van der Waals surface area contributed by atoms with E-state index in [1.54, 1.807) is 0 Å². The Morgan fingerprint density at radius 3 is 2.64 bits per heavy atom. The van der Waals surface area contributed by atoms with Gasteiger partial charge >= 0.3 is 0 Å². The van der Waals surface area contributed by atoms with Crippen LogP contribution in [0.15, 0.2) is 28.7 Å². The predicted molar refractivity (Wildman–Crippen MR) is 61.1 cm³/mol. The molecule has 0 bridgehead atoms. The summed E-state index contributed by atoms with van der Waals surface area (Å²) in [5.74, 6) is 0.476. The van der Waals surface area contributed by atoms with Gasteiger partial charge in [0, 0.05) is 4.47 Å². The van der Waals surface area contributed by atoms with Gasteiger partial charge in [-0.1, -0.05) is 40.9 Å². The zero-order valence-electron chi connectivity index (χ0n) is 8.12. The van der Waals surface area contributed by atoms with Gasteiger partial charge in [-0.15, -0.1) is 0 Å². The molecule has 1 aromatic carbocycles. The van der Waals surface area contributed by atoms with Crippen molar-refractivity contribution in [2.75, 3.05) is 0 Å². The Balaban J connectivity index is 2.13. The summed E-state index contributed by atoms with van der Waals surface area (Å²) < 4.78 is 1.05. The molecule has 1 aliphatic rings. The number of rotatable bonds is 2. The van der Waals surface area contributed by atoms with E-state index in [4.69, 9.17) is 0 Å². The minimum absolute atomic E-state index is 0.269. The lowest BCUT2D eigenvalue weighted by Gasteiger charge is -2.17. The van der Waals surface area contributed by atoms with Gasteiger partial charge in [-0.05, 0) is 36.5 Å². The lowest BCUT2D eigenvalue weighted by Crippen LogP contribution is -2.08. The first kappa shape index (κ1) is 10.2. The van der Waals surface area contributed by atoms with Crippen molar-refractivity contribution in [1.29, 1.82) is 0 Å². The molecule has 0 aromatic heterocycles. The average molecular weight is 255 g/mol. The molecular formula is C12H15BrO. The summed E-state index contributed by atoms with van der Waals surface area (Å²) >= 11 is 3.43. The van der Waals surface area contributed by atoms with E-state index in [-0.39, 0.29) is 6.10 Å². The summed E-state index contributed by atoms with van der Waals surface area (Å²) in [4.78, 5) is 0. The second-order valence-corrected chi connectivity index (χ2v) is 4.96. The van der Waals surface area contributed by atoms with E-state index in [0.29, 0.717) is 5.92 Å². The largest absolute Gasteiger partial charge is 0.388 e. The van der Waals surface area contributed by atoms with Crippen LogP contribution in [0.4, 0.5) is 0 Å². The van der Waals surface area contributed by atoms with Crippen molar-refractivity contribution in [3.8, 4) is 0 Å². The molecule has 14 heavy (non-hydrogen) atoms. The highest BCUT2D eigenvalue weighted by molar-refractivity contribution is 9.10. The monoisotopic (exact) mass is 254 g/mol. The fourth-order valence-electron chi connectivity index (χ4n) is 2.24. The van der Waals surface area contributed by atoms with Crippen LogP contribution < -0.4 is 0 Å². The third-order valence-electron chi connectivity index (χ3n) is 3.04. The first-order chi connectivity index (χ1) is 6.77. The molecule has 1 fully saturated rings. The van der Waals surface area contributed by atoms with Crippen molar-refractivity contribution >= 4 is 15.9 Å². The molecule has 1 nitrogen and oxygen atoms in total. The molecule has 1 aliphatic carbocycles. The molecule has 1 N–H and O–H groups in total. The van der Waals surface area contributed by atoms with E-state index in [1.807, 2.05) is 24.3 Å². The lowest BCUT2D eigenvalue weighted by molar-refractivity contribution is 0.111. The maximum absolute atomic E-state index is 10.1. The van der Waals surface area contributed by atoms with Gasteiger partial charge in [-0.25, -0.2) is 0 Å². The number of hydrogen-bond acceptors (Lipinski definition) is 1. The SMILES string of the molecule is OC(c1cccc(Br)c1)C1CCCC1. The van der Waals surface area contributed by atoms with Crippen molar-refractivity contribution in [2.24, 2.45) is 5.92 Å². The summed E-state index contributed by atoms with van der Waals surface area (Å²) in [6.07, 6.45) is 4.63. The van der Waals surface area contributed by atoms with E-state index >= 15 is 0 Å². The van der Waals surface area contributed by atoms with Crippen molar-refractivity contribution in [3.05, 3.63) is 34.3 Å². The molecule has 1 unspecified atom stereocenters. The molecule has 0 saturated heterocycles. The minimum atomic E-state index is -0.269. The van der Waals surface area contributed by atoms with E-state index in [0.717, 1.165) is 10.0 Å².